The lowest BCUT2D eigenvalue weighted by atomic mass is 10.1. The molecule has 0 bridgehead atoms. The molecule has 1 heterocycles. The van der Waals surface area contributed by atoms with Crippen LogP contribution >= 0.6 is 0 Å². The van der Waals surface area contributed by atoms with E-state index in [-0.39, 0.29) is 11.5 Å². The summed E-state index contributed by atoms with van der Waals surface area (Å²) in [6.45, 7) is 4.28. The van der Waals surface area contributed by atoms with Crippen LogP contribution in [-0.4, -0.2) is 33.8 Å². The zero-order chi connectivity index (χ0) is 15.6. The van der Waals surface area contributed by atoms with Crippen molar-refractivity contribution in [3.05, 3.63) is 47.3 Å². The van der Waals surface area contributed by atoms with Crippen LogP contribution in [0.25, 0.3) is 0 Å². The third-order valence-electron chi connectivity index (χ3n) is 3.22. The number of benzene rings is 1. The van der Waals surface area contributed by atoms with E-state index in [0.717, 1.165) is 5.69 Å². The van der Waals surface area contributed by atoms with E-state index in [1.54, 1.807) is 36.0 Å². The predicted octanol–water partition coefficient (Wildman–Crippen LogP) is 2.19. The van der Waals surface area contributed by atoms with E-state index in [9.17, 15) is 14.7 Å². The third-order valence-corrected chi connectivity index (χ3v) is 3.22. The summed E-state index contributed by atoms with van der Waals surface area (Å²) >= 11 is 0. The highest BCUT2D eigenvalue weighted by Crippen LogP contribution is 2.21. The van der Waals surface area contributed by atoms with Gasteiger partial charge in [0.2, 0.25) is 0 Å². The summed E-state index contributed by atoms with van der Waals surface area (Å²) in [4.78, 5) is 25.2. The van der Waals surface area contributed by atoms with Crippen LogP contribution in [0.2, 0.25) is 0 Å². The fourth-order valence-corrected chi connectivity index (χ4v) is 2.19. The summed E-state index contributed by atoms with van der Waals surface area (Å²) in [6, 6.07) is 8.12. The molecule has 21 heavy (non-hydrogen) atoms. The third kappa shape index (κ3) is 2.79. The largest absolute Gasteiger partial charge is 0.478 e. The molecule has 0 saturated heterocycles. The van der Waals surface area contributed by atoms with Crippen molar-refractivity contribution < 1.29 is 14.7 Å². The minimum absolute atomic E-state index is 0.0904. The molecule has 0 atom stereocenters. The number of carbonyl (C=O) groups excluding carboxylic acids is 1. The van der Waals surface area contributed by atoms with Crippen molar-refractivity contribution in [1.29, 1.82) is 0 Å². The van der Waals surface area contributed by atoms with Gasteiger partial charge in [-0.3, -0.25) is 9.48 Å². The second-order valence-corrected chi connectivity index (χ2v) is 4.67. The van der Waals surface area contributed by atoms with Gasteiger partial charge in [-0.25, -0.2) is 4.79 Å². The smallest absolute Gasteiger partial charge is 0.337 e. The fraction of sp³-hybridized carbons (Fsp3) is 0.267. The summed E-state index contributed by atoms with van der Waals surface area (Å²) < 4.78 is 1.61. The van der Waals surface area contributed by atoms with Crippen molar-refractivity contribution >= 4 is 17.6 Å². The Labute approximate surface area is 122 Å². The molecule has 1 amide bonds. The van der Waals surface area contributed by atoms with Gasteiger partial charge >= 0.3 is 5.97 Å². The van der Waals surface area contributed by atoms with E-state index in [2.05, 4.69) is 5.10 Å². The number of nitrogens with zero attached hydrogens (tertiary/aromatic N) is 3. The van der Waals surface area contributed by atoms with Crippen LogP contribution in [0.4, 0.5) is 5.69 Å². The first kappa shape index (κ1) is 14.8. The molecule has 6 heteroatoms. The van der Waals surface area contributed by atoms with Gasteiger partial charge in [0.1, 0.15) is 5.69 Å². The van der Waals surface area contributed by atoms with E-state index in [1.807, 2.05) is 13.8 Å². The highest BCUT2D eigenvalue weighted by molar-refractivity contribution is 6.08. The van der Waals surface area contributed by atoms with Gasteiger partial charge in [0.15, 0.2) is 0 Å². The maximum atomic E-state index is 12.6. The van der Waals surface area contributed by atoms with Crippen molar-refractivity contribution in [2.75, 3.05) is 11.9 Å². The molecule has 1 N–H and O–H groups in total. The van der Waals surface area contributed by atoms with Crippen LogP contribution in [0.3, 0.4) is 0 Å². The Hall–Kier alpha value is -2.63. The van der Waals surface area contributed by atoms with Crippen molar-refractivity contribution in [2.45, 2.75) is 20.4 Å². The van der Waals surface area contributed by atoms with Crippen LogP contribution in [0.15, 0.2) is 30.3 Å². The molecule has 0 radical (unpaired) electrons. The predicted molar refractivity (Wildman–Crippen MR) is 78.8 cm³/mol. The van der Waals surface area contributed by atoms with Crippen LogP contribution < -0.4 is 4.90 Å². The van der Waals surface area contributed by atoms with Gasteiger partial charge in [-0.05, 0) is 32.0 Å². The van der Waals surface area contributed by atoms with Crippen molar-refractivity contribution in [1.82, 2.24) is 9.78 Å². The molecule has 6 nitrogen and oxygen atoms in total. The van der Waals surface area contributed by atoms with Crippen molar-refractivity contribution in [3.8, 4) is 0 Å². The van der Waals surface area contributed by atoms with E-state index in [1.165, 1.54) is 11.0 Å². The van der Waals surface area contributed by atoms with Gasteiger partial charge in [-0.2, -0.15) is 5.10 Å². The normalized spacial score (nSPS) is 10.4. The standard InChI is InChI=1S/C15H17N3O3/c1-4-18-13(9-10(2)16-18)14(19)17(3)12-8-6-5-7-11(12)15(20)21/h5-9H,4H2,1-3H3,(H,20,21). The maximum absolute atomic E-state index is 12.6. The van der Waals surface area contributed by atoms with Gasteiger partial charge < -0.3 is 10.0 Å². The molecule has 0 aliphatic heterocycles. The van der Waals surface area contributed by atoms with Gasteiger partial charge in [0, 0.05) is 13.6 Å². The number of hydrogen-bond donors (Lipinski definition) is 1. The highest BCUT2D eigenvalue weighted by Gasteiger charge is 2.22. The number of hydrogen-bond acceptors (Lipinski definition) is 3. The second-order valence-electron chi connectivity index (χ2n) is 4.67. The number of rotatable bonds is 4. The highest BCUT2D eigenvalue weighted by atomic mass is 16.4. The summed E-state index contributed by atoms with van der Waals surface area (Å²) in [5.74, 6) is -1.35. The van der Waals surface area contributed by atoms with Crippen LogP contribution in [0, 0.1) is 6.92 Å². The zero-order valence-corrected chi connectivity index (χ0v) is 12.2. The van der Waals surface area contributed by atoms with Gasteiger partial charge in [0.05, 0.1) is 16.9 Å². The maximum Gasteiger partial charge on any atom is 0.337 e. The van der Waals surface area contributed by atoms with Crippen molar-refractivity contribution in [2.24, 2.45) is 0 Å². The topological polar surface area (TPSA) is 75.4 Å². The monoisotopic (exact) mass is 287 g/mol. The van der Waals surface area contributed by atoms with Crippen LogP contribution in [-0.2, 0) is 6.54 Å². The Kier molecular flexibility index (Phi) is 4.07. The van der Waals surface area contributed by atoms with Crippen molar-refractivity contribution in [3.63, 3.8) is 0 Å². The number of aromatic carboxylic acids is 1. The Morgan fingerprint density at radius 3 is 2.62 bits per heavy atom. The first-order chi connectivity index (χ1) is 9.95. The molecule has 110 valence electrons. The zero-order valence-electron chi connectivity index (χ0n) is 12.2. The number of aryl methyl sites for hydroxylation is 2. The molecule has 0 saturated carbocycles. The average molecular weight is 287 g/mol. The minimum atomic E-state index is -1.06. The number of aromatic nitrogens is 2. The number of para-hydroxylation sites is 1. The molecule has 2 rings (SSSR count). The number of carboxylic acid groups (broad SMARTS) is 1. The Morgan fingerprint density at radius 2 is 2.00 bits per heavy atom. The van der Waals surface area contributed by atoms with E-state index >= 15 is 0 Å². The number of amides is 1. The van der Waals surface area contributed by atoms with E-state index in [0.29, 0.717) is 17.9 Å². The summed E-state index contributed by atoms with van der Waals surface area (Å²) in [5, 5.41) is 13.5. The lowest BCUT2D eigenvalue weighted by Crippen LogP contribution is -2.30. The number of anilines is 1. The van der Waals surface area contributed by atoms with E-state index in [4.69, 9.17) is 0 Å². The minimum Gasteiger partial charge on any atom is -0.478 e. The molecule has 1 aromatic carbocycles. The molecular weight excluding hydrogens is 270 g/mol. The first-order valence-corrected chi connectivity index (χ1v) is 6.60. The first-order valence-electron chi connectivity index (χ1n) is 6.60. The average Bonchev–Trinajstić information content (AvgIpc) is 2.86. The number of carboxylic acids is 1. The van der Waals surface area contributed by atoms with Gasteiger partial charge in [-0.15, -0.1) is 0 Å². The lowest BCUT2D eigenvalue weighted by Gasteiger charge is -2.19. The molecule has 0 aliphatic carbocycles. The molecule has 0 spiro atoms. The lowest BCUT2D eigenvalue weighted by molar-refractivity contribution is 0.0697. The summed E-state index contributed by atoms with van der Waals surface area (Å²) in [7, 11) is 1.56. The van der Waals surface area contributed by atoms with Gasteiger partial charge in [0.25, 0.3) is 5.91 Å². The molecule has 2 aromatic rings. The molecular formula is C15H17N3O3. The van der Waals surface area contributed by atoms with Crippen LogP contribution in [0.1, 0.15) is 33.5 Å². The Bertz CT molecular complexity index is 691. The quantitative estimate of drug-likeness (QED) is 0.935. The molecule has 0 aliphatic rings. The molecule has 1 aromatic heterocycles. The second kappa shape index (κ2) is 5.78. The number of carbonyl (C=O) groups is 2. The Balaban J connectivity index is 2.42. The summed E-state index contributed by atoms with van der Waals surface area (Å²) in [6.07, 6.45) is 0. The van der Waals surface area contributed by atoms with Gasteiger partial charge in [-0.1, -0.05) is 12.1 Å². The fourth-order valence-electron chi connectivity index (χ4n) is 2.19. The summed E-state index contributed by atoms with van der Waals surface area (Å²) in [5.41, 5.74) is 1.64. The SMILES string of the molecule is CCn1nc(C)cc1C(=O)N(C)c1ccccc1C(=O)O. The van der Waals surface area contributed by atoms with Crippen LogP contribution in [0.5, 0.6) is 0 Å². The van der Waals surface area contributed by atoms with E-state index < -0.39 is 5.97 Å². The molecule has 0 unspecified atom stereocenters. The molecule has 0 fully saturated rings. The Morgan fingerprint density at radius 1 is 1.33 bits per heavy atom.